The van der Waals surface area contributed by atoms with E-state index >= 15 is 0 Å². The Bertz CT molecular complexity index is 912. The highest BCUT2D eigenvalue weighted by Crippen LogP contribution is 2.46. The van der Waals surface area contributed by atoms with Gasteiger partial charge in [-0.15, -0.1) is 0 Å². The van der Waals surface area contributed by atoms with Crippen molar-refractivity contribution in [2.75, 3.05) is 18.5 Å². The van der Waals surface area contributed by atoms with Crippen molar-refractivity contribution in [2.24, 2.45) is 5.92 Å². The summed E-state index contributed by atoms with van der Waals surface area (Å²) in [6, 6.07) is 12.5. The van der Waals surface area contributed by atoms with Gasteiger partial charge < -0.3 is 15.4 Å². The number of rotatable bonds is 5. The lowest BCUT2D eigenvalue weighted by molar-refractivity contribution is -0.137. The maximum absolute atomic E-state index is 13.1. The summed E-state index contributed by atoms with van der Waals surface area (Å²) in [6.07, 6.45) is 0.0975. The minimum Gasteiger partial charge on any atom is -0.492 e. The first-order valence-electron chi connectivity index (χ1n) is 9.53. The number of fused-ring (bicyclic) bond motifs is 3. The summed E-state index contributed by atoms with van der Waals surface area (Å²) >= 11 is 0. The predicted octanol–water partition coefficient (Wildman–Crippen LogP) is 4.35. The van der Waals surface area contributed by atoms with Crippen LogP contribution in [0.25, 0.3) is 0 Å². The first kappa shape index (κ1) is 19.4. The smallest absolute Gasteiger partial charge is 0.416 e. The number of ether oxygens (including phenoxy) is 1. The second-order valence-electron chi connectivity index (χ2n) is 7.23. The molecule has 1 aliphatic carbocycles. The number of alkyl halides is 3. The SMILES string of the molecule is O=C(NCCOc1ccccc1)C1Nc2ccc(C(F)(F)F)cc2C2C=CCC12. The summed E-state index contributed by atoms with van der Waals surface area (Å²) in [7, 11) is 0. The molecular formula is C22H21F3N2O2. The molecule has 3 unspecified atom stereocenters. The van der Waals surface area contributed by atoms with Gasteiger partial charge >= 0.3 is 6.18 Å². The van der Waals surface area contributed by atoms with Crippen LogP contribution in [0.1, 0.15) is 23.5 Å². The molecule has 2 N–H and O–H groups in total. The Labute approximate surface area is 166 Å². The van der Waals surface area contributed by atoms with E-state index < -0.39 is 17.8 Å². The summed E-state index contributed by atoms with van der Waals surface area (Å²) in [5.41, 5.74) is 0.500. The van der Waals surface area contributed by atoms with Crippen LogP contribution in [0.15, 0.2) is 60.7 Å². The first-order chi connectivity index (χ1) is 13.9. The van der Waals surface area contributed by atoms with Crippen molar-refractivity contribution in [2.45, 2.75) is 24.6 Å². The maximum Gasteiger partial charge on any atom is 0.416 e. The maximum atomic E-state index is 13.1. The van der Waals surface area contributed by atoms with E-state index in [1.807, 2.05) is 42.5 Å². The van der Waals surface area contributed by atoms with Gasteiger partial charge in [-0.25, -0.2) is 0 Å². The predicted molar refractivity (Wildman–Crippen MR) is 104 cm³/mol. The Balaban J connectivity index is 1.42. The van der Waals surface area contributed by atoms with Crippen LogP contribution in [0.2, 0.25) is 0 Å². The number of allylic oxidation sites excluding steroid dienone is 2. The lowest BCUT2D eigenvalue weighted by Gasteiger charge is -2.36. The monoisotopic (exact) mass is 402 g/mol. The van der Waals surface area contributed by atoms with Gasteiger partial charge in [-0.2, -0.15) is 13.2 Å². The Morgan fingerprint density at radius 2 is 1.97 bits per heavy atom. The summed E-state index contributed by atoms with van der Waals surface area (Å²) in [6.45, 7) is 0.678. The van der Waals surface area contributed by atoms with E-state index in [0.29, 0.717) is 30.8 Å². The van der Waals surface area contributed by atoms with E-state index in [-0.39, 0.29) is 17.7 Å². The third-order valence-electron chi connectivity index (χ3n) is 5.39. The van der Waals surface area contributed by atoms with Crippen molar-refractivity contribution in [3.8, 4) is 5.75 Å². The lowest BCUT2D eigenvalue weighted by Crippen LogP contribution is -2.48. The fourth-order valence-electron chi connectivity index (χ4n) is 4.00. The molecule has 152 valence electrons. The van der Waals surface area contributed by atoms with Gasteiger partial charge in [-0.05, 0) is 42.3 Å². The highest BCUT2D eigenvalue weighted by atomic mass is 19.4. The topological polar surface area (TPSA) is 50.4 Å². The molecular weight excluding hydrogens is 381 g/mol. The van der Waals surface area contributed by atoms with Gasteiger partial charge in [0.15, 0.2) is 0 Å². The van der Waals surface area contributed by atoms with Crippen LogP contribution in [-0.2, 0) is 11.0 Å². The van der Waals surface area contributed by atoms with E-state index in [1.54, 1.807) is 0 Å². The van der Waals surface area contributed by atoms with Crippen LogP contribution < -0.4 is 15.4 Å². The van der Waals surface area contributed by atoms with Crippen molar-refractivity contribution in [3.63, 3.8) is 0 Å². The second kappa shape index (κ2) is 7.81. The molecule has 1 aliphatic heterocycles. The molecule has 7 heteroatoms. The van der Waals surface area contributed by atoms with Crippen molar-refractivity contribution in [3.05, 3.63) is 71.8 Å². The van der Waals surface area contributed by atoms with Crippen molar-refractivity contribution < 1.29 is 22.7 Å². The number of hydrogen-bond donors (Lipinski definition) is 2. The van der Waals surface area contributed by atoms with E-state index in [0.717, 1.165) is 11.8 Å². The van der Waals surface area contributed by atoms with Gasteiger partial charge in [0.1, 0.15) is 18.4 Å². The zero-order chi connectivity index (χ0) is 20.4. The third-order valence-corrected chi connectivity index (χ3v) is 5.39. The minimum atomic E-state index is -4.39. The highest BCUT2D eigenvalue weighted by Gasteiger charge is 2.42. The fourth-order valence-corrected chi connectivity index (χ4v) is 4.00. The van der Waals surface area contributed by atoms with Gasteiger partial charge in [-0.1, -0.05) is 30.4 Å². The van der Waals surface area contributed by atoms with Gasteiger partial charge in [0.2, 0.25) is 5.91 Å². The molecule has 2 aromatic carbocycles. The number of hydrogen-bond acceptors (Lipinski definition) is 3. The van der Waals surface area contributed by atoms with Crippen molar-refractivity contribution in [1.82, 2.24) is 5.32 Å². The largest absolute Gasteiger partial charge is 0.492 e. The zero-order valence-corrected chi connectivity index (χ0v) is 15.6. The standard InChI is InChI=1S/C22H21F3N2O2/c23-22(24,25)14-9-10-19-18(13-14)16-7-4-8-17(16)20(27-19)21(28)26-11-12-29-15-5-2-1-3-6-15/h1-7,9-10,13,16-17,20,27H,8,11-12H2,(H,26,28). The van der Waals surface area contributed by atoms with E-state index in [9.17, 15) is 18.0 Å². The molecule has 1 heterocycles. The van der Waals surface area contributed by atoms with E-state index in [4.69, 9.17) is 4.74 Å². The summed E-state index contributed by atoms with van der Waals surface area (Å²) < 4.78 is 44.8. The molecule has 0 saturated carbocycles. The third kappa shape index (κ3) is 4.09. The average Bonchev–Trinajstić information content (AvgIpc) is 3.20. The summed E-state index contributed by atoms with van der Waals surface area (Å²) in [4.78, 5) is 12.8. The molecule has 0 saturated heterocycles. The fraction of sp³-hybridized carbons (Fsp3) is 0.318. The number of halogens is 3. The number of carbonyl (C=O) groups is 1. The number of amides is 1. The summed E-state index contributed by atoms with van der Waals surface area (Å²) in [5, 5.41) is 6.01. The Morgan fingerprint density at radius 3 is 2.72 bits per heavy atom. The molecule has 0 bridgehead atoms. The molecule has 0 aromatic heterocycles. The summed E-state index contributed by atoms with van der Waals surface area (Å²) in [5.74, 6) is 0.240. The molecule has 3 atom stereocenters. The molecule has 0 fully saturated rings. The molecule has 4 rings (SSSR count). The lowest BCUT2D eigenvalue weighted by atomic mass is 9.78. The van der Waals surface area contributed by atoms with Crippen LogP contribution >= 0.6 is 0 Å². The minimum absolute atomic E-state index is 0.110. The van der Waals surface area contributed by atoms with Gasteiger partial charge in [-0.3, -0.25) is 4.79 Å². The molecule has 2 aromatic rings. The number of nitrogens with one attached hydrogen (secondary N) is 2. The van der Waals surface area contributed by atoms with Gasteiger partial charge in [0, 0.05) is 17.5 Å². The highest BCUT2D eigenvalue weighted by molar-refractivity contribution is 5.87. The molecule has 2 aliphatic rings. The van der Waals surface area contributed by atoms with Crippen molar-refractivity contribution >= 4 is 11.6 Å². The quantitative estimate of drug-likeness (QED) is 0.577. The number of para-hydroxylation sites is 1. The number of carbonyl (C=O) groups excluding carboxylic acids is 1. The van der Waals surface area contributed by atoms with Crippen LogP contribution in [0.4, 0.5) is 18.9 Å². The van der Waals surface area contributed by atoms with Gasteiger partial charge in [0.05, 0.1) is 12.1 Å². The van der Waals surface area contributed by atoms with Crippen molar-refractivity contribution in [1.29, 1.82) is 0 Å². The van der Waals surface area contributed by atoms with Gasteiger partial charge in [0.25, 0.3) is 0 Å². The van der Waals surface area contributed by atoms with E-state index in [1.165, 1.54) is 12.1 Å². The molecule has 0 radical (unpaired) electrons. The molecule has 0 spiro atoms. The zero-order valence-electron chi connectivity index (χ0n) is 15.6. The Hall–Kier alpha value is -2.96. The number of anilines is 1. The second-order valence-corrected chi connectivity index (χ2v) is 7.23. The molecule has 4 nitrogen and oxygen atoms in total. The van der Waals surface area contributed by atoms with Crippen LogP contribution in [-0.4, -0.2) is 25.1 Å². The Kier molecular flexibility index (Phi) is 5.22. The van der Waals surface area contributed by atoms with Crippen LogP contribution in [0, 0.1) is 5.92 Å². The van der Waals surface area contributed by atoms with E-state index in [2.05, 4.69) is 10.6 Å². The number of benzene rings is 2. The normalized spacial score (nSPS) is 22.4. The molecule has 1 amide bonds. The first-order valence-corrected chi connectivity index (χ1v) is 9.53. The Morgan fingerprint density at radius 1 is 1.17 bits per heavy atom. The molecule has 29 heavy (non-hydrogen) atoms. The van der Waals surface area contributed by atoms with Crippen LogP contribution in [0.5, 0.6) is 5.75 Å². The van der Waals surface area contributed by atoms with Crippen LogP contribution in [0.3, 0.4) is 0 Å². The average molecular weight is 402 g/mol.